The van der Waals surface area contributed by atoms with Crippen molar-refractivity contribution in [3.63, 3.8) is 0 Å². The molecule has 7 rings (SSSR count). The highest BCUT2D eigenvalue weighted by atomic mass is 19.4. The third kappa shape index (κ3) is 4.44. The zero-order valence-corrected chi connectivity index (χ0v) is 29.7. The van der Waals surface area contributed by atoms with Crippen molar-refractivity contribution in [1.82, 2.24) is 0 Å². The van der Waals surface area contributed by atoms with Crippen LogP contribution in [-0.4, -0.2) is 87.0 Å². The van der Waals surface area contributed by atoms with Crippen molar-refractivity contribution in [1.29, 1.82) is 0 Å². The van der Waals surface area contributed by atoms with Crippen molar-refractivity contribution >= 4 is 17.7 Å². The first kappa shape index (κ1) is 36.5. The van der Waals surface area contributed by atoms with Crippen LogP contribution in [0.5, 0.6) is 0 Å². The number of carbonyl (C=O) groups excluding carboxylic acids is 3. The fourth-order valence-electron chi connectivity index (χ4n) is 11.4. The average molecular weight is 721 g/mol. The molecule has 2 heterocycles. The normalized spacial score (nSPS) is 46.7. The standard InChI is InChI=1S/C38H47F3O10/c1-20-29(43)49-28(19-32(20,3)45)34(5,46)35(47)17-15-23-22-18-27-37(51-27)26(13-12-25(42)33(37,4)24(22)14-16-31(23,35)2)50-30(44)36(48-6,38(39,40)41)21-10-8-7-9-11-21/h7-13,20,22-24,26-28,45-47H,14-19H2,1-6H3/t20-,22-,23-,24-,26-,27+,28?,31-,32+,33-,34-,35+,36-,37+/m0/s1. The van der Waals surface area contributed by atoms with Gasteiger partial charge in [0.1, 0.15) is 22.9 Å². The number of benzene rings is 1. The first-order valence-corrected chi connectivity index (χ1v) is 17.8. The third-order valence-electron chi connectivity index (χ3n) is 14.8. The Bertz CT molecular complexity index is 1660. The van der Waals surface area contributed by atoms with E-state index in [9.17, 15) is 42.9 Å². The summed E-state index contributed by atoms with van der Waals surface area (Å²) < 4.78 is 67.0. The molecule has 2 aliphatic heterocycles. The van der Waals surface area contributed by atoms with E-state index >= 15 is 0 Å². The first-order chi connectivity index (χ1) is 23.6. The molecular weight excluding hydrogens is 673 g/mol. The molecule has 1 aromatic carbocycles. The van der Waals surface area contributed by atoms with Gasteiger partial charge in [0.25, 0.3) is 5.60 Å². The molecule has 0 amide bonds. The number of aliphatic hydroxyl groups is 3. The highest BCUT2D eigenvalue weighted by Crippen LogP contribution is 2.74. The lowest BCUT2D eigenvalue weighted by Crippen LogP contribution is -2.70. The second-order valence-corrected chi connectivity index (χ2v) is 16.7. The van der Waals surface area contributed by atoms with Crippen LogP contribution in [-0.2, 0) is 38.9 Å². The lowest BCUT2D eigenvalue weighted by Gasteiger charge is -2.61. The van der Waals surface area contributed by atoms with Gasteiger partial charge in [-0.2, -0.15) is 13.2 Å². The minimum Gasteiger partial charge on any atom is -0.459 e. The van der Waals surface area contributed by atoms with Gasteiger partial charge in [0.15, 0.2) is 11.9 Å². The smallest absolute Gasteiger partial charge is 0.432 e. The van der Waals surface area contributed by atoms with E-state index in [-0.39, 0.29) is 36.4 Å². The molecule has 1 aromatic rings. The van der Waals surface area contributed by atoms with Crippen molar-refractivity contribution in [3.8, 4) is 0 Å². The number of hydrogen-bond acceptors (Lipinski definition) is 10. The molecule has 0 radical (unpaired) electrons. The second kappa shape index (κ2) is 11.1. The van der Waals surface area contributed by atoms with Crippen molar-refractivity contribution in [2.24, 2.45) is 34.5 Å². The van der Waals surface area contributed by atoms with Gasteiger partial charge in [0.05, 0.1) is 23.0 Å². The van der Waals surface area contributed by atoms with E-state index in [2.05, 4.69) is 0 Å². The summed E-state index contributed by atoms with van der Waals surface area (Å²) in [5.41, 5.74) is -12.6. The Labute approximate surface area is 294 Å². The highest BCUT2D eigenvalue weighted by molar-refractivity contribution is 5.98. The Morgan fingerprint density at radius 1 is 1.02 bits per heavy atom. The maximum atomic E-state index is 14.8. The summed E-state index contributed by atoms with van der Waals surface area (Å²) >= 11 is 0. The highest BCUT2D eigenvalue weighted by Gasteiger charge is 2.83. The molecule has 10 nitrogen and oxygen atoms in total. The van der Waals surface area contributed by atoms with E-state index in [0.29, 0.717) is 25.7 Å². The largest absolute Gasteiger partial charge is 0.459 e. The summed E-state index contributed by atoms with van der Waals surface area (Å²) in [6, 6.07) is 6.53. The summed E-state index contributed by atoms with van der Waals surface area (Å²) in [6.07, 6.45) is -3.99. The van der Waals surface area contributed by atoms with E-state index in [1.807, 2.05) is 6.92 Å². The number of halogens is 3. The van der Waals surface area contributed by atoms with Crippen LogP contribution in [0.25, 0.3) is 0 Å². The Balaban J connectivity index is 1.19. The molecular formula is C38H47F3O10. The first-order valence-electron chi connectivity index (χ1n) is 17.8. The van der Waals surface area contributed by atoms with Crippen molar-refractivity contribution in [3.05, 3.63) is 48.0 Å². The minimum absolute atomic E-state index is 0.0670. The fourth-order valence-corrected chi connectivity index (χ4v) is 11.4. The van der Waals surface area contributed by atoms with Gasteiger partial charge in [-0.3, -0.25) is 9.59 Å². The summed E-state index contributed by atoms with van der Waals surface area (Å²) in [7, 11) is 0.798. The predicted octanol–water partition coefficient (Wildman–Crippen LogP) is 4.32. The monoisotopic (exact) mass is 720 g/mol. The Morgan fingerprint density at radius 2 is 1.67 bits per heavy atom. The number of fused-ring (bicyclic) bond motifs is 4. The fraction of sp³-hybridized carbons (Fsp3) is 0.711. The van der Waals surface area contributed by atoms with Gasteiger partial charge in [-0.15, -0.1) is 0 Å². The SMILES string of the molecule is CO[C@](C(=O)O[C@H]1C=CC(=O)[C@]2(C)[C@H]3CC[C@@]4(C)[C@@H](CC[C@]4(O)[C@@](C)(O)C4C[C@@](C)(O)[C@@H](C)C(=O)O4)[C@@H]3C[C@H]3O[C@]132)(c1ccccc1)C(F)(F)F. The molecule has 14 atom stereocenters. The number of cyclic esters (lactones) is 1. The Morgan fingerprint density at radius 3 is 2.27 bits per heavy atom. The number of ether oxygens (including phenoxy) is 4. The van der Waals surface area contributed by atoms with E-state index < -0.39 is 86.7 Å². The number of ketones is 1. The second-order valence-electron chi connectivity index (χ2n) is 16.7. The van der Waals surface area contributed by atoms with Crippen LogP contribution in [0.4, 0.5) is 13.2 Å². The maximum Gasteiger partial charge on any atom is 0.432 e. The molecule has 3 saturated carbocycles. The number of allylic oxidation sites excluding steroid dienone is 1. The van der Waals surface area contributed by atoms with E-state index in [1.54, 1.807) is 13.8 Å². The molecule has 5 fully saturated rings. The predicted molar refractivity (Wildman–Crippen MR) is 172 cm³/mol. The molecule has 3 N–H and O–H groups in total. The van der Waals surface area contributed by atoms with Gasteiger partial charge in [0.2, 0.25) is 0 Å². The summed E-state index contributed by atoms with van der Waals surface area (Å²) in [6.45, 7) is 8.18. The quantitative estimate of drug-likeness (QED) is 0.286. The van der Waals surface area contributed by atoms with Gasteiger partial charge in [-0.25, -0.2) is 4.79 Å². The van der Waals surface area contributed by atoms with Gasteiger partial charge < -0.3 is 34.3 Å². The van der Waals surface area contributed by atoms with E-state index in [4.69, 9.17) is 18.9 Å². The lowest BCUT2D eigenvalue weighted by molar-refractivity contribution is -0.279. The maximum absolute atomic E-state index is 14.8. The molecule has 4 aliphatic carbocycles. The number of methoxy groups -OCH3 is 1. The van der Waals surface area contributed by atoms with Gasteiger partial charge in [-0.05, 0) is 89.7 Å². The molecule has 13 heteroatoms. The molecule has 1 unspecified atom stereocenters. The van der Waals surface area contributed by atoms with Gasteiger partial charge >= 0.3 is 18.1 Å². The molecule has 2 saturated heterocycles. The van der Waals surface area contributed by atoms with Crippen LogP contribution in [0, 0.1) is 34.5 Å². The van der Waals surface area contributed by atoms with Crippen molar-refractivity contribution in [2.45, 2.75) is 126 Å². The zero-order chi connectivity index (χ0) is 37.4. The van der Waals surface area contributed by atoms with Crippen LogP contribution in [0.15, 0.2) is 42.5 Å². The molecule has 51 heavy (non-hydrogen) atoms. The molecule has 6 aliphatic rings. The number of alkyl halides is 3. The number of hydrogen-bond donors (Lipinski definition) is 3. The molecule has 0 aromatic heterocycles. The van der Waals surface area contributed by atoms with E-state index in [0.717, 1.165) is 19.2 Å². The van der Waals surface area contributed by atoms with Crippen LogP contribution in [0.2, 0.25) is 0 Å². The van der Waals surface area contributed by atoms with Crippen LogP contribution in [0.1, 0.15) is 78.7 Å². The zero-order valence-electron chi connectivity index (χ0n) is 29.7. The number of epoxide rings is 1. The lowest BCUT2D eigenvalue weighted by atomic mass is 9.43. The number of rotatable bonds is 6. The Hall–Kier alpha value is -2.84. The van der Waals surface area contributed by atoms with Crippen molar-refractivity contribution in [2.75, 3.05) is 7.11 Å². The van der Waals surface area contributed by atoms with Gasteiger partial charge in [0, 0.05) is 24.5 Å². The van der Waals surface area contributed by atoms with Crippen LogP contribution >= 0.6 is 0 Å². The number of esters is 2. The number of carbonyl (C=O) groups is 3. The summed E-state index contributed by atoms with van der Waals surface area (Å²) in [4.78, 5) is 40.5. The van der Waals surface area contributed by atoms with Gasteiger partial charge in [-0.1, -0.05) is 37.3 Å². The minimum atomic E-state index is -5.19. The van der Waals surface area contributed by atoms with Crippen molar-refractivity contribution < 1.29 is 61.8 Å². The summed E-state index contributed by atoms with van der Waals surface area (Å²) in [5, 5.41) is 35.7. The molecule has 1 spiro atoms. The van der Waals surface area contributed by atoms with E-state index in [1.165, 1.54) is 44.2 Å². The topological polar surface area (TPSA) is 152 Å². The Kier molecular flexibility index (Phi) is 7.95. The van der Waals surface area contributed by atoms with Crippen LogP contribution < -0.4 is 0 Å². The third-order valence-corrected chi connectivity index (χ3v) is 14.8. The average Bonchev–Trinajstić information content (AvgIpc) is 3.72. The summed E-state index contributed by atoms with van der Waals surface area (Å²) in [5.74, 6) is -4.18. The molecule has 0 bridgehead atoms. The molecule has 280 valence electrons. The van der Waals surface area contributed by atoms with Crippen LogP contribution in [0.3, 0.4) is 0 Å².